The summed E-state index contributed by atoms with van der Waals surface area (Å²) in [5.74, 6) is 0.468. The zero-order valence-electron chi connectivity index (χ0n) is 15.4. The molecule has 1 aliphatic heterocycles. The van der Waals surface area contributed by atoms with E-state index in [9.17, 15) is 14.9 Å². The average molecular weight is 356 g/mol. The number of hydrogen-bond acceptors (Lipinski definition) is 5. The smallest absolute Gasteiger partial charge is 0.410 e. The number of hydrogen-bond donors (Lipinski definition) is 0. The van der Waals surface area contributed by atoms with Gasteiger partial charge in [0, 0.05) is 12.5 Å². The Hall–Kier alpha value is -2.55. The quantitative estimate of drug-likeness (QED) is 0.775. The van der Waals surface area contributed by atoms with Crippen LogP contribution >= 0.6 is 0 Å². The molecule has 0 N–H and O–H groups in total. The molecule has 6 nitrogen and oxygen atoms in total. The van der Waals surface area contributed by atoms with Crippen molar-refractivity contribution in [3.05, 3.63) is 28.8 Å². The molecule has 0 saturated carbocycles. The molecule has 1 aromatic rings. The second-order valence-corrected chi connectivity index (χ2v) is 7.92. The molecule has 0 aromatic heterocycles. The van der Waals surface area contributed by atoms with Crippen LogP contribution in [0.4, 0.5) is 4.79 Å². The van der Waals surface area contributed by atoms with Crippen molar-refractivity contribution in [2.75, 3.05) is 13.2 Å². The minimum atomic E-state index is -0.527. The SMILES string of the molecule is CC(C)(C)OC(=O)N1CCC1COc1ccc2c(c1C#N)CC(C=O)C2. The van der Waals surface area contributed by atoms with Crippen molar-refractivity contribution in [1.29, 1.82) is 5.26 Å². The minimum Gasteiger partial charge on any atom is -0.490 e. The van der Waals surface area contributed by atoms with Gasteiger partial charge in [-0.05, 0) is 57.2 Å². The number of nitrogens with zero attached hydrogens (tertiary/aromatic N) is 2. The second-order valence-electron chi connectivity index (χ2n) is 7.92. The van der Waals surface area contributed by atoms with E-state index in [-0.39, 0.29) is 18.1 Å². The van der Waals surface area contributed by atoms with E-state index in [2.05, 4.69) is 6.07 Å². The molecule has 2 unspecified atom stereocenters. The van der Waals surface area contributed by atoms with Crippen LogP contribution in [0.25, 0.3) is 0 Å². The van der Waals surface area contributed by atoms with E-state index in [0.29, 0.717) is 37.3 Å². The number of nitriles is 1. The maximum Gasteiger partial charge on any atom is 0.410 e. The second kappa shape index (κ2) is 6.99. The molecule has 1 fully saturated rings. The van der Waals surface area contributed by atoms with Crippen LogP contribution in [0.3, 0.4) is 0 Å². The van der Waals surface area contributed by atoms with Crippen LogP contribution in [-0.2, 0) is 22.4 Å². The molecule has 2 atom stereocenters. The molecule has 138 valence electrons. The third-order valence-corrected chi connectivity index (χ3v) is 4.83. The summed E-state index contributed by atoms with van der Waals surface area (Å²) in [5.41, 5.74) is 1.95. The lowest BCUT2D eigenvalue weighted by Gasteiger charge is -2.41. The monoisotopic (exact) mass is 356 g/mol. The maximum absolute atomic E-state index is 12.2. The van der Waals surface area contributed by atoms with E-state index < -0.39 is 5.60 Å². The lowest BCUT2D eigenvalue weighted by atomic mass is 10.0. The predicted octanol–water partition coefficient (Wildman–Crippen LogP) is 2.86. The lowest BCUT2D eigenvalue weighted by molar-refractivity contribution is -0.110. The Morgan fingerprint density at radius 1 is 1.38 bits per heavy atom. The van der Waals surface area contributed by atoms with Crippen molar-refractivity contribution in [2.45, 2.75) is 51.7 Å². The molecule has 6 heteroatoms. The van der Waals surface area contributed by atoms with Gasteiger partial charge in [0.25, 0.3) is 0 Å². The number of amides is 1. The zero-order chi connectivity index (χ0) is 18.9. The number of rotatable bonds is 4. The van der Waals surface area contributed by atoms with Gasteiger partial charge in [-0.25, -0.2) is 4.79 Å². The van der Waals surface area contributed by atoms with Gasteiger partial charge in [0.2, 0.25) is 0 Å². The van der Waals surface area contributed by atoms with E-state index in [4.69, 9.17) is 9.47 Å². The van der Waals surface area contributed by atoms with Gasteiger partial charge in [0.05, 0.1) is 11.6 Å². The first kappa shape index (κ1) is 18.2. The highest BCUT2D eigenvalue weighted by Crippen LogP contribution is 2.34. The lowest BCUT2D eigenvalue weighted by Crippen LogP contribution is -2.55. The van der Waals surface area contributed by atoms with Gasteiger partial charge in [-0.3, -0.25) is 0 Å². The van der Waals surface area contributed by atoms with Gasteiger partial charge in [0.15, 0.2) is 0 Å². The molecular weight excluding hydrogens is 332 g/mol. The van der Waals surface area contributed by atoms with Crippen LogP contribution in [0.1, 0.15) is 43.9 Å². The van der Waals surface area contributed by atoms with Crippen LogP contribution in [0.2, 0.25) is 0 Å². The Balaban J connectivity index is 1.65. The standard InChI is InChI=1S/C20H24N2O4/c1-20(2,3)26-19(24)22-7-6-15(22)12-25-18-5-4-14-8-13(11-23)9-16(14)17(18)10-21/h4-5,11,13,15H,6-9,12H2,1-3H3. The van der Waals surface area contributed by atoms with Gasteiger partial charge in [-0.2, -0.15) is 5.26 Å². The molecule has 1 amide bonds. The minimum absolute atomic E-state index is 0.0487. The summed E-state index contributed by atoms with van der Waals surface area (Å²) >= 11 is 0. The number of fused-ring (bicyclic) bond motifs is 1. The first-order chi connectivity index (χ1) is 12.3. The molecular formula is C20H24N2O4. The molecule has 26 heavy (non-hydrogen) atoms. The van der Waals surface area contributed by atoms with Crippen molar-refractivity contribution in [2.24, 2.45) is 5.92 Å². The van der Waals surface area contributed by atoms with Crippen LogP contribution in [0.15, 0.2) is 12.1 Å². The van der Waals surface area contributed by atoms with Gasteiger partial charge in [-0.15, -0.1) is 0 Å². The third kappa shape index (κ3) is 3.67. The summed E-state index contributed by atoms with van der Waals surface area (Å²) in [6.45, 7) is 6.49. The highest BCUT2D eigenvalue weighted by atomic mass is 16.6. The Morgan fingerprint density at radius 2 is 2.15 bits per heavy atom. The molecule has 3 rings (SSSR count). The number of likely N-dealkylation sites (tertiary alicyclic amines) is 1. The number of carbonyl (C=O) groups is 2. The fourth-order valence-electron chi connectivity index (χ4n) is 3.41. The van der Waals surface area contributed by atoms with Crippen LogP contribution in [0.5, 0.6) is 5.75 Å². The van der Waals surface area contributed by atoms with E-state index in [0.717, 1.165) is 23.8 Å². The Morgan fingerprint density at radius 3 is 2.73 bits per heavy atom. The van der Waals surface area contributed by atoms with Crippen molar-refractivity contribution in [3.8, 4) is 11.8 Å². The van der Waals surface area contributed by atoms with Crippen molar-refractivity contribution in [3.63, 3.8) is 0 Å². The summed E-state index contributed by atoms with van der Waals surface area (Å²) in [5, 5.41) is 9.54. The van der Waals surface area contributed by atoms with E-state index >= 15 is 0 Å². The molecule has 0 radical (unpaired) electrons. The first-order valence-electron chi connectivity index (χ1n) is 8.95. The van der Waals surface area contributed by atoms with Crippen LogP contribution < -0.4 is 4.74 Å². The summed E-state index contributed by atoms with van der Waals surface area (Å²) in [6, 6.07) is 5.90. The van der Waals surface area contributed by atoms with Gasteiger partial charge in [0.1, 0.15) is 30.3 Å². The average Bonchev–Trinajstić information content (AvgIpc) is 2.95. The van der Waals surface area contributed by atoms with E-state index in [1.807, 2.05) is 26.8 Å². The highest BCUT2D eigenvalue weighted by Gasteiger charge is 2.36. The zero-order valence-corrected chi connectivity index (χ0v) is 15.4. The largest absolute Gasteiger partial charge is 0.490 e. The number of ether oxygens (including phenoxy) is 2. The fraction of sp³-hybridized carbons (Fsp3) is 0.550. The topological polar surface area (TPSA) is 79.6 Å². The molecule has 0 bridgehead atoms. The molecule has 1 aromatic carbocycles. The molecule has 2 aliphatic rings. The highest BCUT2D eigenvalue weighted by molar-refractivity contribution is 5.69. The Kier molecular flexibility index (Phi) is 4.90. The summed E-state index contributed by atoms with van der Waals surface area (Å²) in [7, 11) is 0. The van der Waals surface area contributed by atoms with Crippen molar-refractivity contribution < 1.29 is 19.1 Å². The molecule has 1 heterocycles. The number of aldehydes is 1. The van der Waals surface area contributed by atoms with Crippen molar-refractivity contribution in [1.82, 2.24) is 4.90 Å². The first-order valence-corrected chi connectivity index (χ1v) is 8.95. The van der Waals surface area contributed by atoms with E-state index in [1.54, 1.807) is 11.0 Å². The predicted molar refractivity (Wildman–Crippen MR) is 95.0 cm³/mol. The summed E-state index contributed by atoms with van der Waals surface area (Å²) in [4.78, 5) is 24.9. The van der Waals surface area contributed by atoms with Gasteiger partial charge < -0.3 is 19.2 Å². The molecule has 1 saturated heterocycles. The van der Waals surface area contributed by atoms with Crippen molar-refractivity contribution >= 4 is 12.4 Å². The molecule has 0 spiro atoms. The molecule has 1 aliphatic carbocycles. The Bertz CT molecular complexity index is 760. The summed E-state index contributed by atoms with van der Waals surface area (Å²) < 4.78 is 11.3. The normalized spacial score (nSPS) is 21.4. The van der Waals surface area contributed by atoms with E-state index in [1.165, 1.54) is 0 Å². The number of benzene rings is 1. The third-order valence-electron chi connectivity index (χ3n) is 4.83. The van der Waals surface area contributed by atoms with Gasteiger partial charge in [-0.1, -0.05) is 6.07 Å². The fourth-order valence-corrected chi connectivity index (χ4v) is 3.41. The number of carbonyl (C=O) groups excluding carboxylic acids is 2. The maximum atomic E-state index is 12.2. The van der Waals surface area contributed by atoms with Crippen LogP contribution in [-0.4, -0.2) is 42.1 Å². The van der Waals surface area contributed by atoms with Crippen LogP contribution in [0, 0.1) is 17.2 Å². The summed E-state index contributed by atoms with van der Waals surface area (Å²) in [6.07, 6.45) is 2.74. The Labute approximate surface area is 153 Å². The van der Waals surface area contributed by atoms with Gasteiger partial charge >= 0.3 is 6.09 Å².